The van der Waals surface area contributed by atoms with Gasteiger partial charge in [-0.25, -0.2) is 4.39 Å². The predicted molar refractivity (Wildman–Crippen MR) is 115 cm³/mol. The van der Waals surface area contributed by atoms with Crippen LogP contribution < -0.4 is 10.1 Å². The summed E-state index contributed by atoms with van der Waals surface area (Å²) in [6, 6.07) is 12.9. The number of nitrogens with one attached hydrogen (secondary N) is 1. The first kappa shape index (κ1) is 22.1. The SMILES string of the molecule is C[C@H](Sc1nnc(COc2ccc(Cl)cc2)n1C)C(=O)N[C@H](C)c1ccc(F)cc1. The first-order chi connectivity index (χ1) is 14.3. The number of amides is 1. The number of benzene rings is 2. The third-order valence-electron chi connectivity index (χ3n) is 4.49. The van der Waals surface area contributed by atoms with Gasteiger partial charge in [0.05, 0.1) is 11.3 Å². The van der Waals surface area contributed by atoms with Crippen molar-refractivity contribution in [2.45, 2.75) is 36.9 Å². The number of rotatable bonds is 8. The number of carbonyl (C=O) groups is 1. The van der Waals surface area contributed by atoms with Gasteiger partial charge in [0.2, 0.25) is 5.91 Å². The Hall–Kier alpha value is -2.58. The lowest BCUT2D eigenvalue weighted by Gasteiger charge is -2.17. The molecule has 158 valence electrons. The Labute approximate surface area is 183 Å². The van der Waals surface area contributed by atoms with E-state index in [1.54, 1.807) is 47.9 Å². The Morgan fingerprint density at radius 3 is 2.50 bits per heavy atom. The molecule has 3 aromatic rings. The van der Waals surface area contributed by atoms with Gasteiger partial charge in [0.25, 0.3) is 0 Å². The first-order valence-electron chi connectivity index (χ1n) is 9.32. The predicted octanol–water partition coefficient (Wildman–Crippen LogP) is 4.54. The van der Waals surface area contributed by atoms with Crippen LogP contribution in [0.15, 0.2) is 53.7 Å². The van der Waals surface area contributed by atoms with Crippen molar-refractivity contribution in [1.29, 1.82) is 0 Å². The standard InChI is InChI=1S/C21H22ClFN4O2S/c1-13(15-4-8-17(23)9-5-15)24-20(28)14(2)30-21-26-25-19(27(21)3)12-29-18-10-6-16(22)7-11-18/h4-11,13-14H,12H2,1-3H3,(H,24,28)/t13-,14+/m1/s1. The van der Waals surface area contributed by atoms with Gasteiger partial charge in [0.1, 0.15) is 18.2 Å². The van der Waals surface area contributed by atoms with Crippen LogP contribution in [0.2, 0.25) is 5.02 Å². The Morgan fingerprint density at radius 2 is 1.83 bits per heavy atom. The fourth-order valence-corrected chi connectivity index (χ4v) is 3.60. The second-order valence-electron chi connectivity index (χ2n) is 6.74. The van der Waals surface area contributed by atoms with E-state index in [0.29, 0.717) is 21.8 Å². The Morgan fingerprint density at radius 1 is 1.17 bits per heavy atom. The maximum atomic E-state index is 13.1. The van der Waals surface area contributed by atoms with E-state index in [9.17, 15) is 9.18 Å². The third kappa shape index (κ3) is 5.73. The van der Waals surface area contributed by atoms with Gasteiger partial charge in [-0.05, 0) is 55.8 Å². The van der Waals surface area contributed by atoms with Crippen LogP contribution in [-0.4, -0.2) is 25.9 Å². The minimum atomic E-state index is -0.388. The molecule has 0 aliphatic rings. The van der Waals surface area contributed by atoms with Crippen LogP contribution in [0.5, 0.6) is 5.75 Å². The van der Waals surface area contributed by atoms with Crippen molar-refractivity contribution in [3.8, 4) is 5.75 Å². The molecule has 1 amide bonds. The fourth-order valence-electron chi connectivity index (χ4n) is 2.63. The normalized spacial score (nSPS) is 13.0. The molecule has 0 radical (unpaired) electrons. The third-order valence-corrected chi connectivity index (χ3v) is 5.87. The van der Waals surface area contributed by atoms with Crippen LogP contribution in [-0.2, 0) is 18.4 Å². The van der Waals surface area contributed by atoms with Crippen LogP contribution in [0.3, 0.4) is 0 Å². The molecule has 0 saturated heterocycles. The minimum absolute atomic E-state index is 0.140. The summed E-state index contributed by atoms with van der Waals surface area (Å²) in [6.07, 6.45) is 0. The summed E-state index contributed by atoms with van der Waals surface area (Å²) < 4.78 is 20.6. The lowest BCUT2D eigenvalue weighted by atomic mass is 10.1. The average Bonchev–Trinajstić information content (AvgIpc) is 3.07. The monoisotopic (exact) mass is 448 g/mol. The molecule has 0 aliphatic carbocycles. The van der Waals surface area contributed by atoms with E-state index in [1.165, 1.54) is 23.9 Å². The van der Waals surface area contributed by atoms with E-state index in [2.05, 4.69) is 15.5 Å². The summed E-state index contributed by atoms with van der Waals surface area (Å²) in [4.78, 5) is 12.6. The number of nitrogens with zero attached hydrogens (tertiary/aromatic N) is 3. The van der Waals surface area contributed by atoms with Gasteiger partial charge < -0.3 is 14.6 Å². The Kier molecular flexibility index (Phi) is 7.33. The number of thioether (sulfide) groups is 1. The summed E-state index contributed by atoms with van der Waals surface area (Å²) in [7, 11) is 1.83. The molecule has 0 fully saturated rings. The smallest absolute Gasteiger partial charge is 0.233 e. The van der Waals surface area contributed by atoms with E-state index >= 15 is 0 Å². The second-order valence-corrected chi connectivity index (χ2v) is 8.49. The van der Waals surface area contributed by atoms with Gasteiger partial charge in [-0.3, -0.25) is 4.79 Å². The Bertz CT molecular complexity index is 995. The lowest BCUT2D eigenvalue weighted by molar-refractivity contribution is -0.120. The number of hydrogen-bond donors (Lipinski definition) is 1. The molecule has 2 aromatic carbocycles. The maximum absolute atomic E-state index is 13.1. The first-order valence-corrected chi connectivity index (χ1v) is 10.6. The number of hydrogen-bond acceptors (Lipinski definition) is 5. The lowest BCUT2D eigenvalue weighted by Crippen LogP contribution is -2.33. The van der Waals surface area contributed by atoms with Crippen LogP contribution in [0, 0.1) is 5.82 Å². The van der Waals surface area contributed by atoms with Gasteiger partial charge in [0.15, 0.2) is 11.0 Å². The van der Waals surface area contributed by atoms with Crippen LogP contribution in [0.1, 0.15) is 31.3 Å². The summed E-state index contributed by atoms with van der Waals surface area (Å²) >= 11 is 7.18. The largest absolute Gasteiger partial charge is 0.486 e. The summed E-state index contributed by atoms with van der Waals surface area (Å²) in [6.45, 7) is 3.90. The zero-order chi connectivity index (χ0) is 21.7. The molecule has 0 aliphatic heterocycles. The fraction of sp³-hybridized carbons (Fsp3) is 0.286. The highest BCUT2D eigenvalue weighted by atomic mass is 35.5. The molecule has 6 nitrogen and oxygen atoms in total. The molecule has 3 rings (SSSR count). The van der Waals surface area contributed by atoms with Crippen molar-refractivity contribution < 1.29 is 13.9 Å². The van der Waals surface area contributed by atoms with Crippen LogP contribution in [0.25, 0.3) is 0 Å². The minimum Gasteiger partial charge on any atom is -0.486 e. The van der Waals surface area contributed by atoms with E-state index < -0.39 is 0 Å². The highest BCUT2D eigenvalue weighted by molar-refractivity contribution is 8.00. The van der Waals surface area contributed by atoms with E-state index in [-0.39, 0.29) is 29.6 Å². The van der Waals surface area contributed by atoms with Gasteiger partial charge >= 0.3 is 0 Å². The zero-order valence-corrected chi connectivity index (χ0v) is 18.4. The van der Waals surface area contributed by atoms with Gasteiger partial charge in [-0.1, -0.05) is 35.5 Å². The molecule has 1 aromatic heterocycles. The molecular formula is C21H22ClFN4O2S. The molecule has 9 heteroatoms. The maximum Gasteiger partial charge on any atom is 0.233 e. The molecule has 1 N–H and O–H groups in total. The van der Waals surface area contributed by atoms with E-state index in [4.69, 9.17) is 16.3 Å². The van der Waals surface area contributed by atoms with Crippen molar-refractivity contribution in [3.63, 3.8) is 0 Å². The number of ether oxygens (including phenoxy) is 1. The van der Waals surface area contributed by atoms with Gasteiger partial charge in [-0.15, -0.1) is 10.2 Å². The Balaban J connectivity index is 1.55. The molecule has 2 atom stereocenters. The van der Waals surface area contributed by atoms with Crippen LogP contribution in [0.4, 0.5) is 4.39 Å². The van der Waals surface area contributed by atoms with Gasteiger partial charge in [-0.2, -0.15) is 0 Å². The molecule has 30 heavy (non-hydrogen) atoms. The van der Waals surface area contributed by atoms with Crippen molar-refractivity contribution in [1.82, 2.24) is 20.1 Å². The molecule has 1 heterocycles. The zero-order valence-electron chi connectivity index (χ0n) is 16.8. The van der Waals surface area contributed by atoms with Gasteiger partial charge in [0, 0.05) is 12.1 Å². The average molecular weight is 449 g/mol. The number of carbonyl (C=O) groups excluding carboxylic acids is 1. The quantitative estimate of drug-likeness (QED) is 0.512. The van der Waals surface area contributed by atoms with E-state index in [1.807, 2.05) is 14.0 Å². The summed E-state index contributed by atoms with van der Waals surface area (Å²) in [5, 5.41) is 12.1. The highest BCUT2D eigenvalue weighted by Crippen LogP contribution is 2.23. The van der Waals surface area contributed by atoms with E-state index in [0.717, 1.165) is 5.56 Å². The van der Waals surface area contributed by atoms with Crippen molar-refractivity contribution >= 4 is 29.3 Å². The molecule has 0 saturated carbocycles. The molecular weight excluding hydrogens is 427 g/mol. The van der Waals surface area contributed by atoms with Crippen molar-refractivity contribution in [2.75, 3.05) is 0 Å². The highest BCUT2D eigenvalue weighted by Gasteiger charge is 2.21. The molecule has 0 unspecified atom stereocenters. The second kappa shape index (κ2) is 9.95. The summed E-state index contributed by atoms with van der Waals surface area (Å²) in [5.41, 5.74) is 0.835. The van der Waals surface area contributed by atoms with Crippen molar-refractivity contribution in [3.05, 3.63) is 70.8 Å². The molecule has 0 spiro atoms. The topological polar surface area (TPSA) is 69.0 Å². The summed E-state index contributed by atoms with van der Waals surface area (Å²) in [5.74, 6) is 0.872. The molecule has 0 bridgehead atoms. The van der Waals surface area contributed by atoms with Crippen molar-refractivity contribution in [2.24, 2.45) is 7.05 Å². The number of halogens is 2. The number of aromatic nitrogens is 3. The van der Waals surface area contributed by atoms with Crippen LogP contribution >= 0.6 is 23.4 Å².